The molecule has 0 heterocycles. The number of nitrogens with zero attached hydrogens (tertiary/aromatic N) is 1. The summed E-state index contributed by atoms with van der Waals surface area (Å²) in [6.45, 7) is 2.76. The Bertz CT molecular complexity index is 211. The number of hydrogen-bond acceptors (Lipinski definition) is 3. The first-order valence-electron chi connectivity index (χ1n) is 6.05. The zero-order chi connectivity index (χ0) is 11.6. The van der Waals surface area contributed by atoms with E-state index >= 15 is 0 Å². The van der Waals surface area contributed by atoms with Crippen LogP contribution in [0, 0.1) is 5.92 Å². The van der Waals surface area contributed by atoms with Crippen molar-refractivity contribution in [2.75, 3.05) is 32.9 Å². The quantitative estimate of drug-likeness (QED) is 0.259. The normalized spacial score (nSPS) is 16.2. The predicted octanol–water partition coefficient (Wildman–Crippen LogP) is 0.708. The van der Waals surface area contributed by atoms with E-state index in [1.807, 2.05) is 0 Å². The van der Waals surface area contributed by atoms with Crippen LogP contribution in [0.5, 0.6) is 0 Å². The summed E-state index contributed by atoms with van der Waals surface area (Å²) in [5.74, 6) is 1.29. The van der Waals surface area contributed by atoms with Gasteiger partial charge >= 0.3 is 0 Å². The lowest BCUT2D eigenvalue weighted by molar-refractivity contribution is 0.0912. The van der Waals surface area contributed by atoms with E-state index in [-0.39, 0.29) is 30.6 Å². The summed E-state index contributed by atoms with van der Waals surface area (Å²) < 4.78 is 5.12. The SMILES string of the molecule is I.NC(=NCC1CCC1)NCCCOCCO. The zero-order valence-electron chi connectivity index (χ0n) is 10.2. The van der Waals surface area contributed by atoms with Gasteiger partial charge in [-0.3, -0.25) is 4.99 Å². The van der Waals surface area contributed by atoms with E-state index in [4.69, 9.17) is 15.6 Å². The third-order valence-electron chi connectivity index (χ3n) is 2.75. The van der Waals surface area contributed by atoms with Crippen LogP contribution in [0.25, 0.3) is 0 Å². The molecule has 5 nitrogen and oxygen atoms in total. The molecule has 102 valence electrons. The molecule has 0 saturated heterocycles. The van der Waals surface area contributed by atoms with Crippen molar-refractivity contribution in [1.82, 2.24) is 5.32 Å². The van der Waals surface area contributed by atoms with Crippen molar-refractivity contribution in [3.05, 3.63) is 0 Å². The van der Waals surface area contributed by atoms with Crippen LogP contribution in [0.1, 0.15) is 25.7 Å². The fraction of sp³-hybridized carbons (Fsp3) is 0.909. The summed E-state index contributed by atoms with van der Waals surface area (Å²) in [4.78, 5) is 4.28. The van der Waals surface area contributed by atoms with Gasteiger partial charge in [0.15, 0.2) is 5.96 Å². The number of nitrogens with one attached hydrogen (secondary N) is 1. The summed E-state index contributed by atoms with van der Waals surface area (Å²) >= 11 is 0. The van der Waals surface area contributed by atoms with E-state index < -0.39 is 0 Å². The van der Waals surface area contributed by atoms with Crippen molar-refractivity contribution in [3.63, 3.8) is 0 Å². The Morgan fingerprint density at radius 3 is 2.76 bits per heavy atom. The summed E-state index contributed by atoms with van der Waals surface area (Å²) in [7, 11) is 0. The van der Waals surface area contributed by atoms with Crippen LogP contribution in [0.15, 0.2) is 4.99 Å². The first kappa shape index (κ1) is 16.9. The highest BCUT2D eigenvalue weighted by molar-refractivity contribution is 14.0. The molecule has 0 aliphatic heterocycles. The van der Waals surface area contributed by atoms with Crippen LogP contribution in [-0.4, -0.2) is 44.0 Å². The second-order valence-electron chi connectivity index (χ2n) is 4.14. The van der Waals surface area contributed by atoms with Gasteiger partial charge in [0.1, 0.15) is 0 Å². The molecule has 0 bridgehead atoms. The van der Waals surface area contributed by atoms with Crippen LogP contribution in [-0.2, 0) is 4.74 Å². The average molecular weight is 357 g/mol. The lowest BCUT2D eigenvalue weighted by atomic mass is 9.86. The van der Waals surface area contributed by atoms with Gasteiger partial charge in [0.2, 0.25) is 0 Å². The second kappa shape index (κ2) is 11.0. The molecule has 0 aromatic rings. The number of aliphatic imine (C=N–C) groups is 1. The molecule has 6 heteroatoms. The molecular weight excluding hydrogens is 333 g/mol. The van der Waals surface area contributed by atoms with E-state index in [0.29, 0.717) is 19.2 Å². The molecule has 0 amide bonds. The maximum atomic E-state index is 8.48. The monoisotopic (exact) mass is 357 g/mol. The highest BCUT2D eigenvalue weighted by Crippen LogP contribution is 2.26. The maximum absolute atomic E-state index is 8.48. The number of aliphatic hydroxyl groups excluding tert-OH is 1. The average Bonchev–Trinajstić information content (AvgIpc) is 2.21. The van der Waals surface area contributed by atoms with Crippen molar-refractivity contribution in [3.8, 4) is 0 Å². The fourth-order valence-electron chi connectivity index (χ4n) is 1.52. The van der Waals surface area contributed by atoms with Gasteiger partial charge < -0.3 is 20.9 Å². The molecular formula is C11H24IN3O2. The van der Waals surface area contributed by atoms with Gasteiger partial charge in [-0.1, -0.05) is 6.42 Å². The standard InChI is InChI=1S/C11H23N3O2.HI/c12-11(14-9-10-3-1-4-10)13-5-2-7-16-8-6-15;/h10,15H,1-9H2,(H3,12,13,14);1H. The Balaban J connectivity index is 0.00000256. The molecule has 17 heavy (non-hydrogen) atoms. The number of guanidine groups is 1. The lowest BCUT2D eigenvalue weighted by Crippen LogP contribution is -2.33. The molecule has 0 aromatic heterocycles. The third kappa shape index (κ3) is 8.62. The molecule has 1 aliphatic rings. The number of nitrogens with two attached hydrogens (primary N) is 1. The largest absolute Gasteiger partial charge is 0.394 e. The molecule has 1 fully saturated rings. The second-order valence-corrected chi connectivity index (χ2v) is 4.14. The predicted molar refractivity (Wildman–Crippen MR) is 79.8 cm³/mol. The Morgan fingerprint density at radius 1 is 1.41 bits per heavy atom. The molecule has 0 aromatic carbocycles. The highest BCUT2D eigenvalue weighted by atomic mass is 127. The Kier molecular flexibility index (Phi) is 11.0. The van der Waals surface area contributed by atoms with Crippen molar-refractivity contribution in [2.24, 2.45) is 16.6 Å². The Hall–Kier alpha value is -0.0800. The van der Waals surface area contributed by atoms with Gasteiger partial charge in [-0.15, -0.1) is 24.0 Å². The molecule has 0 unspecified atom stereocenters. The van der Waals surface area contributed by atoms with Gasteiger partial charge in [0.05, 0.1) is 13.2 Å². The topological polar surface area (TPSA) is 79.9 Å². The van der Waals surface area contributed by atoms with Gasteiger partial charge in [-0.25, -0.2) is 0 Å². The summed E-state index contributed by atoms with van der Waals surface area (Å²) in [5.41, 5.74) is 5.70. The molecule has 4 N–H and O–H groups in total. The fourth-order valence-corrected chi connectivity index (χ4v) is 1.52. The van der Waals surface area contributed by atoms with Crippen molar-refractivity contribution in [2.45, 2.75) is 25.7 Å². The molecule has 1 rings (SSSR count). The summed E-state index contributed by atoms with van der Waals surface area (Å²) in [6.07, 6.45) is 4.81. The summed E-state index contributed by atoms with van der Waals surface area (Å²) in [5, 5.41) is 11.5. The Morgan fingerprint density at radius 2 is 2.18 bits per heavy atom. The van der Waals surface area contributed by atoms with Crippen molar-refractivity contribution < 1.29 is 9.84 Å². The zero-order valence-corrected chi connectivity index (χ0v) is 12.6. The smallest absolute Gasteiger partial charge is 0.188 e. The van der Waals surface area contributed by atoms with E-state index in [1.54, 1.807) is 0 Å². The van der Waals surface area contributed by atoms with Gasteiger partial charge in [0, 0.05) is 19.7 Å². The molecule has 0 radical (unpaired) electrons. The maximum Gasteiger partial charge on any atom is 0.188 e. The third-order valence-corrected chi connectivity index (χ3v) is 2.75. The highest BCUT2D eigenvalue weighted by Gasteiger charge is 2.16. The van der Waals surface area contributed by atoms with Gasteiger partial charge in [-0.05, 0) is 25.2 Å². The number of hydrogen-bond donors (Lipinski definition) is 3. The summed E-state index contributed by atoms with van der Waals surface area (Å²) in [6, 6.07) is 0. The molecule has 0 spiro atoms. The molecule has 1 saturated carbocycles. The van der Waals surface area contributed by atoms with E-state index in [0.717, 1.165) is 25.4 Å². The first-order valence-corrected chi connectivity index (χ1v) is 6.05. The number of rotatable bonds is 8. The van der Waals surface area contributed by atoms with E-state index in [9.17, 15) is 0 Å². The van der Waals surface area contributed by atoms with Crippen LogP contribution in [0.4, 0.5) is 0 Å². The number of halogens is 1. The van der Waals surface area contributed by atoms with Crippen LogP contribution < -0.4 is 11.1 Å². The van der Waals surface area contributed by atoms with Gasteiger partial charge in [0.25, 0.3) is 0 Å². The first-order chi connectivity index (χ1) is 7.83. The Labute approximate surface area is 120 Å². The van der Waals surface area contributed by atoms with Crippen LogP contribution in [0.2, 0.25) is 0 Å². The minimum atomic E-state index is 0. The van der Waals surface area contributed by atoms with E-state index in [2.05, 4.69) is 10.3 Å². The number of ether oxygens (including phenoxy) is 1. The molecule has 0 atom stereocenters. The minimum absolute atomic E-state index is 0. The van der Waals surface area contributed by atoms with Crippen molar-refractivity contribution >= 4 is 29.9 Å². The van der Waals surface area contributed by atoms with E-state index in [1.165, 1.54) is 19.3 Å². The number of aliphatic hydroxyl groups is 1. The molecule has 1 aliphatic carbocycles. The van der Waals surface area contributed by atoms with Crippen LogP contribution in [0.3, 0.4) is 0 Å². The van der Waals surface area contributed by atoms with Crippen LogP contribution >= 0.6 is 24.0 Å². The lowest BCUT2D eigenvalue weighted by Gasteiger charge is -2.23. The van der Waals surface area contributed by atoms with Crippen molar-refractivity contribution in [1.29, 1.82) is 0 Å². The van der Waals surface area contributed by atoms with Gasteiger partial charge in [-0.2, -0.15) is 0 Å². The minimum Gasteiger partial charge on any atom is -0.394 e.